The van der Waals surface area contributed by atoms with Crippen LogP contribution in [0.4, 0.5) is 10.3 Å². The van der Waals surface area contributed by atoms with E-state index in [0.29, 0.717) is 5.95 Å². The Morgan fingerprint density at radius 3 is 2.66 bits per heavy atom. The molecule has 0 aliphatic carbocycles. The van der Waals surface area contributed by atoms with E-state index in [1.165, 1.54) is 24.1 Å². The van der Waals surface area contributed by atoms with Crippen molar-refractivity contribution in [2.75, 3.05) is 17.6 Å². The smallest absolute Gasteiger partial charge is 0.239 e. The van der Waals surface area contributed by atoms with Crippen LogP contribution in [-0.2, 0) is 6.42 Å². The SMILES string of the molecule is COc1ccccc1-n1c(NSCCc2ccc(F)cc2)nnc1-c1cccs1. The van der Waals surface area contributed by atoms with E-state index < -0.39 is 0 Å². The topological polar surface area (TPSA) is 52.0 Å². The molecule has 2 heterocycles. The first-order valence-electron chi connectivity index (χ1n) is 9.01. The predicted octanol–water partition coefficient (Wildman–Crippen LogP) is 5.45. The highest BCUT2D eigenvalue weighted by atomic mass is 32.2. The van der Waals surface area contributed by atoms with E-state index in [9.17, 15) is 4.39 Å². The van der Waals surface area contributed by atoms with Crippen LogP contribution in [0.1, 0.15) is 5.56 Å². The summed E-state index contributed by atoms with van der Waals surface area (Å²) < 4.78 is 23.9. The van der Waals surface area contributed by atoms with Gasteiger partial charge in [-0.3, -0.25) is 9.29 Å². The van der Waals surface area contributed by atoms with Crippen LogP contribution in [0.5, 0.6) is 5.75 Å². The molecule has 0 amide bonds. The molecule has 0 aliphatic rings. The number of halogens is 1. The van der Waals surface area contributed by atoms with Gasteiger partial charge in [0.15, 0.2) is 5.82 Å². The molecule has 8 heteroatoms. The summed E-state index contributed by atoms with van der Waals surface area (Å²) in [5, 5.41) is 10.8. The van der Waals surface area contributed by atoms with E-state index in [0.717, 1.165) is 39.9 Å². The van der Waals surface area contributed by atoms with Gasteiger partial charge in [0.25, 0.3) is 0 Å². The van der Waals surface area contributed by atoms with E-state index in [-0.39, 0.29) is 5.82 Å². The number of aromatic nitrogens is 3. The third-order valence-electron chi connectivity index (χ3n) is 4.30. The second kappa shape index (κ2) is 9.11. The molecule has 2 aromatic heterocycles. The standard InChI is InChI=1S/C21H19FN4OS2/c1-27-18-6-3-2-5-17(18)26-20(19-7-4-13-28-19)23-24-21(26)25-29-14-12-15-8-10-16(22)11-9-15/h2-11,13H,12,14H2,1H3,(H,24,25). The van der Waals surface area contributed by atoms with Crippen molar-refractivity contribution in [2.24, 2.45) is 0 Å². The highest BCUT2D eigenvalue weighted by Crippen LogP contribution is 2.33. The van der Waals surface area contributed by atoms with E-state index >= 15 is 0 Å². The molecular weight excluding hydrogens is 407 g/mol. The van der Waals surface area contributed by atoms with Gasteiger partial charge >= 0.3 is 0 Å². The minimum Gasteiger partial charge on any atom is -0.495 e. The largest absolute Gasteiger partial charge is 0.495 e. The van der Waals surface area contributed by atoms with Crippen molar-refractivity contribution in [1.29, 1.82) is 0 Å². The summed E-state index contributed by atoms with van der Waals surface area (Å²) in [5.41, 5.74) is 1.95. The number of benzene rings is 2. The average molecular weight is 427 g/mol. The van der Waals surface area contributed by atoms with Gasteiger partial charge in [0, 0.05) is 5.75 Å². The number of thiophene rings is 1. The van der Waals surface area contributed by atoms with Gasteiger partial charge in [0.1, 0.15) is 11.6 Å². The molecule has 4 aromatic rings. The third-order valence-corrected chi connectivity index (χ3v) is 5.90. The molecule has 0 saturated heterocycles. The van der Waals surface area contributed by atoms with Crippen LogP contribution in [-0.4, -0.2) is 27.6 Å². The van der Waals surface area contributed by atoms with Gasteiger partial charge < -0.3 is 4.74 Å². The minimum absolute atomic E-state index is 0.217. The molecule has 2 aromatic carbocycles. The Balaban J connectivity index is 1.56. The first-order chi connectivity index (χ1) is 14.3. The van der Waals surface area contributed by atoms with Crippen molar-refractivity contribution in [1.82, 2.24) is 14.8 Å². The lowest BCUT2D eigenvalue weighted by molar-refractivity contribution is 0.413. The zero-order valence-corrected chi connectivity index (χ0v) is 17.3. The summed E-state index contributed by atoms with van der Waals surface area (Å²) in [5.74, 6) is 2.71. The molecule has 0 saturated carbocycles. The van der Waals surface area contributed by atoms with E-state index in [4.69, 9.17) is 4.74 Å². The minimum atomic E-state index is -0.217. The fraction of sp³-hybridized carbons (Fsp3) is 0.143. The highest BCUT2D eigenvalue weighted by Gasteiger charge is 2.19. The molecule has 0 atom stereocenters. The molecule has 148 valence electrons. The van der Waals surface area contributed by atoms with Gasteiger partial charge in [-0.1, -0.05) is 30.3 Å². The van der Waals surface area contributed by atoms with Crippen LogP contribution in [0.3, 0.4) is 0 Å². The second-order valence-corrected chi connectivity index (χ2v) is 8.01. The maximum Gasteiger partial charge on any atom is 0.239 e. The Morgan fingerprint density at radius 1 is 1.07 bits per heavy atom. The number of ether oxygens (including phenoxy) is 1. The molecule has 29 heavy (non-hydrogen) atoms. The molecule has 0 fully saturated rings. The van der Waals surface area contributed by atoms with Crippen molar-refractivity contribution >= 4 is 29.2 Å². The number of hydrogen-bond donors (Lipinski definition) is 1. The van der Waals surface area contributed by atoms with Crippen LogP contribution >= 0.6 is 23.3 Å². The fourth-order valence-electron chi connectivity index (χ4n) is 2.89. The lowest BCUT2D eigenvalue weighted by Crippen LogP contribution is -2.04. The first kappa shape index (κ1) is 19.5. The van der Waals surface area contributed by atoms with Gasteiger partial charge in [-0.05, 0) is 59.6 Å². The van der Waals surface area contributed by atoms with Crippen molar-refractivity contribution in [3.05, 3.63) is 77.4 Å². The predicted molar refractivity (Wildman–Crippen MR) is 117 cm³/mol. The van der Waals surface area contributed by atoms with E-state index in [1.807, 2.05) is 58.5 Å². The van der Waals surface area contributed by atoms with Gasteiger partial charge in [0.2, 0.25) is 5.95 Å². The molecule has 5 nitrogen and oxygen atoms in total. The number of nitrogens with zero attached hydrogens (tertiary/aromatic N) is 3. The quantitative estimate of drug-likeness (QED) is 0.300. The summed E-state index contributed by atoms with van der Waals surface area (Å²) in [6, 6.07) is 18.4. The van der Waals surface area contributed by atoms with Crippen LogP contribution < -0.4 is 9.46 Å². The van der Waals surface area contributed by atoms with Gasteiger partial charge in [-0.15, -0.1) is 21.5 Å². The number of para-hydroxylation sites is 2. The van der Waals surface area contributed by atoms with Gasteiger partial charge in [-0.25, -0.2) is 4.39 Å². The molecule has 0 unspecified atom stereocenters. The van der Waals surface area contributed by atoms with Gasteiger partial charge in [0.05, 0.1) is 17.7 Å². The molecule has 0 spiro atoms. The van der Waals surface area contributed by atoms with E-state index in [2.05, 4.69) is 14.9 Å². The number of nitrogens with one attached hydrogen (secondary N) is 1. The summed E-state index contributed by atoms with van der Waals surface area (Å²) in [4.78, 5) is 1.02. The Morgan fingerprint density at radius 2 is 1.90 bits per heavy atom. The summed E-state index contributed by atoms with van der Waals surface area (Å²) in [6.45, 7) is 0. The third kappa shape index (κ3) is 4.44. The zero-order valence-electron chi connectivity index (χ0n) is 15.7. The number of rotatable bonds is 8. The maximum atomic E-state index is 13.0. The van der Waals surface area contributed by atoms with E-state index in [1.54, 1.807) is 18.4 Å². The molecule has 0 bridgehead atoms. The normalized spacial score (nSPS) is 10.8. The Labute approximate surface area is 176 Å². The molecule has 0 radical (unpaired) electrons. The summed E-state index contributed by atoms with van der Waals surface area (Å²) in [6.07, 6.45) is 0.818. The Hall–Kier alpha value is -2.84. The fourth-order valence-corrected chi connectivity index (χ4v) is 4.29. The monoisotopic (exact) mass is 426 g/mol. The van der Waals surface area contributed by atoms with Crippen molar-refractivity contribution < 1.29 is 9.13 Å². The average Bonchev–Trinajstić information content (AvgIpc) is 3.42. The zero-order chi connectivity index (χ0) is 20.1. The second-order valence-electron chi connectivity index (χ2n) is 6.16. The van der Waals surface area contributed by atoms with Crippen molar-refractivity contribution in [2.45, 2.75) is 6.42 Å². The number of hydrogen-bond acceptors (Lipinski definition) is 6. The molecule has 1 N–H and O–H groups in total. The summed E-state index contributed by atoms with van der Waals surface area (Å²) >= 11 is 3.14. The lowest BCUT2D eigenvalue weighted by Gasteiger charge is -2.14. The van der Waals surface area contributed by atoms with Crippen LogP contribution in [0, 0.1) is 5.82 Å². The Bertz CT molecular complexity index is 1060. The highest BCUT2D eigenvalue weighted by molar-refractivity contribution is 8.00. The number of anilines is 1. The maximum absolute atomic E-state index is 13.0. The van der Waals surface area contributed by atoms with Crippen LogP contribution in [0.15, 0.2) is 66.0 Å². The first-order valence-corrected chi connectivity index (χ1v) is 10.9. The molecule has 4 rings (SSSR count). The number of methoxy groups -OCH3 is 1. The molecular formula is C21H19FN4OS2. The van der Waals surface area contributed by atoms with Crippen molar-refractivity contribution in [3.63, 3.8) is 0 Å². The van der Waals surface area contributed by atoms with Crippen molar-refractivity contribution in [3.8, 4) is 22.1 Å². The number of aryl methyl sites for hydroxylation is 1. The summed E-state index contributed by atoms with van der Waals surface area (Å²) in [7, 11) is 1.65. The van der Waals surface area contributed by atoms with Crippen LogP contribution in [0.2, 0.25) is 0 Å². The lowest BCUT2D eigenvalue weighted by atomic mass is 10.2. The Kier molecular flexibility index (Phi) is 6.12. The van der Waals surface area contributed by atoms with Crippen LogP contribution in [0.25, 0.3) is 16.4 Å². The molecule has 0 aliphatic heterocycles. The van der Waals surface area contributed by atoms with Gasteiger partial charge in [-0.2, -0.15) is 0 Å².